The number of hydrogen-bond donors (Lipinski definition) is 0. The zero-order chi connectivity index (χ0) is 84.8. The summed E-state index contributed by atoms with van der Waals surface area (Å²) in [4.78, 5) is 86.5. The first kappa shape index (κ1) is 91.9. The number of piperazine rings is 2. The highest BCUT2D eigenvalue weighted by molar-refractivity contribution is 5.97. The number of methoxy groups -OCH3 is 5. The van der Waals surface area contributed by atoms with Crippen LogP contribution in [-0.2, 0) is 9.47 Å². The molecule has 0 aromatic heterocycles. The summed E-state index contributed by atoms with van der Waals surface area (Å²) in [6.07, 6.45) is 16.9. The molecule has 8 aliphatic heterocycles. The van der Waals surface area contributed by atoms with Crippen molar-refractivity contribution in [3.63, 3.8) is 0 Å². The first-order chi connectivity index (χ1) is 57.5. The van der Waals surface area contributed by atoms with Crippen LogP contribution in [-0.4, -0.2) is 302 Å². The van der Waals surface area contributed by atoms with E-state index in [9.17, 15) is 24.0 Å². The molecule has 5 aromatic rings. The van der Waals surface area contributed by atoms with Crippen molar-refractivity contribution in [3.8, 4) is 28.7 Å². The summed E-state index contributed by atoms with van der Waals surface area (Å²) in [5.74, 6) is 6.61. The number of hydrogen-bond acceptors (Lipinski definition) is 17. The number of benzene rings is 5. The second kappa shape index (κ2) is 44.8. The maximum absolute atomic E-state index is 12.9. The fraction of sp³-hybridized carbons (Fsp3) is 0.639. The summed E-state index contributed by atoms with van der Waals surface area (Å²) in [6, 6.07) is 32.3. The van der Waals surface area contributed by atoms with Crippen LogP contribution < -0.4 is 23.7 Å². The molecule has 2 aliphatic carbocycles. The minimum atomic E-state index is 0.111. The molecule has 22 heteroatoms. The Kier molecular flexibility index (Phi) is 34.6. The van der Waals surface area contributed by atoms with E-state index < -0.39 is 0 Å². The number of ether oxygens (including phenoxy) is 7. The molecule has 10 aliphatic rings. The number of likely N-dealkylation sites (tertiary alicyclic amines) is 4. The Balaban J connectivity index is 0.000000146. The van der Waals surface area contributed by atoms with Crippen molar-refractivity contribution < 1.29 is 57.1 Å². The lowest BCUT2D eigenvalue weighted by molar-refractivity contribution is 0.0184. The predicted octanol–water partition coefficient (Wildman–Crippen LogP) is 14.9. The Labute approximate surface area is 712 Å². The molecule has 0 unspecified atom stereocenters. The first-order valence-corrected chi connectivity index (χ1v) is 45.2. The molecule has 5 aromatic carbocycles. The standard InChI is InChI=1S/C21H32N2O2.2C19H28N2O3.2C19H28N2O2/c1-16(2)19-10-9-17(15-20(19)25-3)21(24)23-13-11-22(12-14-23)18-7-5-4-6-8-18;2*1-14(2)17-5-4-15(12-18(17)23-3)19(22)21-7-6-16(13-21)20-8-10-24-11-9-20;1-14(2)17-8-7-15(13-18(17)23-3)19(22)21-11-9-20(10-12-21)16-5-4-6-16;1-14(2)17-8-7-15(11-18(17)23-3)19(22)21-12-16(13-21)20-9-5-4-6-10-20/h9-10,15-16,18H,4-8,11-14H2,1-3H3;2*4-5,12,14,16H,6-11,13H2,1-3H3;7-8,13-14,16H,4-6,9-12H2,1-3H3;7-8,11,14,16H,4-6,9-10,12-13H2,1-3H3/t;2*16-;;/m.10../s1. The van der Waals surface area contributed by atoms with E-state index in [1.807, 2.05) is 115 Å². The molecule has 2 saturated carbocycles. The van der Waals surface area contributed by atoms with E-state index in [1.54, 1.807) is 35.5 Å². The summed E-state index contributed by atoms with van der Waals surface area (Å²) >= 11 is 0. The monoisotopic (exact) mass is 1640 g/mol. The second-order valence-electron chi connectivity index (χ2n) is 35.7. The van der Waals surface area contributed by atoms with Crippen LogP contribution in [0.3, 0.4) is 0 Å². The molecule has 8 heterocycles. The summed E-state index contributed by atoms with van der Waals surface area (Å²) in [5.41, 5.74) is 9.40. The number of nitrogens with zero attached hydrogens (tertiary/aromatic N) is 10. The van der Waals surface area contributed by atoms with Gasteiger partial charge < -0.3 is 57.7 Å². The van der Waals surface area contributed by atoms with Gasteiger partial charge in [0.05, 0.1) is 62.0 Å². The van der Waals surface area contributed by atoms with E-state index in [4.69, 9.17) is 33.2 Å². The number of rotatable bonds is 20. The van der Waals surface area contributed by atoms with Gasteiger partial charge in [-0.2, -0.15) is 0 Å². The summed E-state index contributed by atoms with van der Waals surface area (Å²) in [6.45, 7) is 43.3. The Morgan fingerprint density at radius 2 is 0.513 bits per heavy atom. The molecule has 22 nitrogen and oxygen atoms in total. The zero-order valence-electron chi connectivity index (χ0n) is 75.0. The van der Waals surface area contributed by atoms with Gasteiger partial charge in [0.1, 0.15) is 28.7 Å². The number of amides is 5. The third-order valence-corrected chi connectivity index (χ3v) is 26.5. The highest BCUT2D eigenvalue weighted by atomic mass is 16.5. The van der Waals surface area contributed by atoms with Crippen molar-refractivity contribution in [1.29, 1.82) is 0 Å². The fourth-order valence-electron chi connectivity index (χ4n) is 18.8. The van der Waals surface area contributed by atoms with Crippen molar-refractivity contribution in [2.75, 3.05) is 193 Å². The number of carbonyl (C=O) groups is 5. The van der Waals surface area contributed by atoms with Gasteiger partial charge in [0, 0.05) is 176 Å². The minimum absolute atomic E-state index is 0.111. The molecule has 2 atom stereocenters. The molecule has 10 fully saturated rings. The second-order valence-corrected chi connectivity index (χ2v) is 35.7. The SMILES string of the molecule is COc1cc(C(=O)N2CC(N3CCCCC3)C2)ccc1C(C)C.COc1cc(C(=O)N2CCN(C3CCC3)CC2)ccc1C(C)C.COc1cc(C(=O)N2CCN(C3CCCCC3)CC2)ccc1C(C)C.COc1cc(C(=O)N2CC[C@@H](N3CCOCC3)C2)ccc1C(C)C.COc1cc(C(=O)N2CC[C@H](N3CCOCC3)C2)ccc1C(C)C. The Morgan fingerprint density at radius 3 is 0.790 bits per heavy atom. The van der Waals surface area contributed by atoms with Crippen molar-refractivity contribution in [3.05, 3.63) is 147 Å². The van der Waals surface area contributed by atoms with Crippen LogP contribution >= 0.6 is 0 Å². The van der Waals surface area contributed by atoms with Gasteiger partial charge in [-0.25, -0.2) is 0 Å². The topological polar surface area (TPSA) is 182 Å². The van der Waals surface area contributed by atoms with E-state index >= 15 is 0 Å². The quantitative estimate of drug-likeness (QED) is 0.0716. The number of carbonyl (C=O) groups excluding carboxylic acids is 5. The molecule has 0 spiro atoms. The number of piperidine rings is 1. The molecular formula is C97H144N10O12. The highest BCUT2D eigenvalue weighted by Crippen LogP contribution is 2.36. The van der Waals surface area contributed by atoms with Crippen LogP contribution in [0.25, 0.3) is 0 Å². The largest absolute Gasteiger partial charge is 0.496 e. The van der Waals surface area contributed by atoms with Gasteiger partial charge in [-0.05, 0) is 183 Å². The molecule has 119 heavy (non-hydrogen) atoms. The maximum Gasteiger partial charge on any atom is 0.254 e. The van der Waals surface area contributed by atoms with Gasteiger partial charge in [0.15, 0.2) is 0 Å². The van der Waals surface area contributed by atoms with Crippen molar-refractivity contribution in [2.45, 2.75) is 213 Å². The molecule has 5 amide bonds. The average Bonchev–Trinajstić information content (AvgIpc) is 1.72. The fourth-order valence-corrected chi connectivity index (χ4v) is 18.8. The van der Waals surface area contributed by atoms with Gasteiger partial charge in [0.2, 0.25) is 0 Å². The third-order valence-electron chi connectivity index (χ3n) is 26.5. The minimum Gasteiger partial charge on any atom is -0.496 e. The van der Waals surface area contributed by atoms with E-state index in [-0.39, 0.29) is 29.5 Å². The highest BCUT2D eigenvalue weighted by Gasteiger charge is 2.38. The Hall–Kier alpha value is -7.83. The summed E-state index contributed by atoms with van der Waals surface area (Å²) < 4.78 is 38.3. The molecule has 15 rings (SSSR count). The lowest BCUT2D eigenvalue weighted by Gasteiger charge is -2.46. The molecule has 8 saturated heterocycles. The van der Waals surface area contributed by atoms with Gasteiger partial charge in [-0.1, -0.05) is 132 Å². The predicted molar refractivity (Wildman–Crippen MR) is 473 cm³/mol. The first-order valence-electron chi connectivity index (χ1n) is 45.2. The van der Waals surface area contributed by atoms with Crippen LogP contribution in [0.4, 0.5) is 0 Å². The molecular weight excluding hydrogens is 1500 g/mol. The van der Waals surface area contributed by atoms with Gasteiger partial charge in [-0.15, -0.1) is 0 Å². The Morgan fingerprint density at radius 1 is 0.261 bits per heavy atom. The van der Waals surface area contributed by atoms with Crippen LogP contribution in [0.1, 0.15) is 262 Å². The molecule has 0 N–H and O–H groups in total. The van der Waals surface area contributed by atoms with Gasteiger partial charge in [-0.3, -0.25) is 48.5 Å². The van der Waals surface area contributed by atoms with Gasteiger partial charge in [0.25, 0.3) is 29.5 Å². The molecule has 654 valence electrons. The maximum atomic E-state index is 12.9. The summed E-state index contributed by atoms with van der Waals surface area (Å²) in [5, 5.41) is 0. The van der Waals surface area contributed by atoms with Crippen LogP contribution in [0.5, 0.6) is 28.7 Å². The van der Waals surface area contributed by atoms with E-state index in [1.165, 1.54) is 83.7 Å². The van der Waals surface area contributed by atoms with Crippen LogP contribution in [0.15, 0.2) is 91.0 Å². The van der Waals surface area contributed by atoms with Crippen molar-refractivity contribution in [2.24, 2.45) is 0 Å². The summed E-state index contributed by atoms with van der Waals surface area (Å²) in [7, 11) is 8.36. The average molecular weight is 1640 g/mol. The molecule has 0 bridgehead atoms. The normalized spacial score (nSPS) is 20.8. The number of morpholine rings is 2. The van der Waals surface area contributed by atoms with Gasteiger partial charge >= 0.3 is 0 Å². The van der Waals surface area contributed by atoms with E-state index in [0.717, 1.165) is 254 Å². The van der Waals surface area contributed by atoms with E-state index in [0.29, 0.717) is 47.7 Å². The van der Waals surface area contributed by atoms with E-state index in [2.05, 4.69) is 93.7 Å². The van der Waals surface area contributed by atoms with Crippen molar-refractivity contribution in [1.82, 2.24) is 49.0 Å². The van der Waals surface area contributed by atoms with Crippen molar-refractivity contribution >= 4 is 29.5 Å². The third kappa shape index (κ3) is 24.1. The molecule has 0 radical (unpaired) electrons. The lowest BCUT2D eigenvalue weighted by atomic mass is 9.91. The smallest absolute Gasteiger partial charge is 0.254 e. The zero-order valence-corrected chi connectivity index (χ0v) is 75.0. The van der Waals surface area contributed by atoms with Crippen LogP contribution in [0, 0.1) is 0 Å². The Bertz CT molecular complexity index is 3960. The van der Waals surface area contributed by atoms with Crippen LogP contribution in [0.2, 0.25) is 0 Å². The lowest BCUT2D eigenvalue weighted by Crippen LogP contribution is -2.61.